The molecule has 0 aliphatic carbocycles. The fourth-order valence-electron chi connectivity index (χ4n) is 2.97. The summed E-state index contributed by atoms with van der Waals surface area (Å²) in [6.07, 6.45) is 4.53. The molecular weight excluding hydrogens is 234 g/mol. The summed E-state index contributed by atoms with van der Waals surface area (Å²) in [7, 11) is 0. The molecule has 0 aromatic carbocycles. The van der Waals surface area contributed by atoms with Crippen LogP contribution in [0.25, 0.3) is 0 Å². The van der Waals surface area contributed by atoms with Crippen LogP contribution in [0.3, 0.4) is 0 Å². The number of nitrogens with zero attached hydrogens (tertiary/aromatic N) is 2. The van der Waals surface area contributed by atoms with E-state index in [4.69, 9.17) is 0 Å². The Morgan fingerprint density at radius 1 is 1.26 bits per heavy atom. The number of hydrogen-bond acceptors (Lipinski definition) is 3. The zero-order valence-corrected chi connectivity index (χ0v) is 12.5. The lowest BCUT2D eigenvalue weighted by Gasteiger charge is -2.35. The van der Waals surface area contributed by atoms with Crippen LogP contribution >= 0.6 is 0 Å². The van der Waals surface area contributed by atoms with E-state index >= 15 is 0 Å². The molecule has 0 radical (unpaired) electrons. The van der Waals surface area contributed by atoms with Gasteiger partial charge in [-0.1, -0.05) is 26.8 Å². The topological polar surface area (TPSA) is 28.2 Å². The summed E-state index contributed by atoms with van der Waals surface area (Å²) in [5.41, 5.74) is 1.27. The number of aromatic nitrogens is 1. The third-order valence-electron chi connectivity index (χ3n) is 3.76. The molecule has 2 atom stereocenters. The predicted octanol–water partition coefficient (Wildman–Crippen LogP) is 3.06. The Bertz CT molecular complexity index is 364. The molecule has 0 saturated carbocycles. The van der Waals surface area contributed by atoms with Gasteiger partial charge in [0.1, 0.15) is 5.82 Å². The number of piperidine rings is 1. The van der Waals surface area contributed by atoms with Crippen LogP contribution in [-0.4, -0.2) is 24.6 Å². The standard InChI is InChI=1S/C16H27N3/c1-4-7-17-9-15-5-6-16(18-10-15)19-11-13(2)8-14(3)12-19/h5-6,10,13-14,17H,4,7-9,11-12H2,1-3H3. The molecular formula is C16H27N3. The van der Waals surface area contributed by atoms with E-state index in [2.05, 4.69) is 48.1 Å². The molecule has 3 nitrogen and oxygen atoms in total. The Hall–Kier alpha value is -1.09. The van der Waals surface area contributed by atoms with Crippen LogP contribution in [0.2, 0.25) is 0 Å². The van der Waals surface area contributed by atoms with Crippen LogP contribution in [0.4, 0.5) is 5.82 Å². The summed E-state index contributed by atoms with van der Waals surface area (Å²) in [5, 5.41) is 3.41. The van der Waals surface area contributed by atoms with Gasteiger partial charge in [-0.25, -0.2) is 4.98 Å². The Morgan fingerprint density at radius 3 is 2.58 bits per heavy atom. The van der Waals surface area contributed by atoms with Crippen molar-refractivity contribution in [2.75, 3.05) is 24.5 Å². The quantitative estimate of drug-likeness (QED) is 0.826. The highest BCUT2D eigenvalue weighted by molar-refractivity contribution is 5.40. The minimum Gasteiger partial charge on any atom is -0.356 e. The Labute approximate surface area is 117 Å². The summed E-state index contributed by atoms with van der Waals surface area (Å²) in [5.74, 6) is 2.69. The van der Waals surface area contributed by atoms with Crippen LogP contribution in [0.5, 0.6) is 0 Å². The number of rotatable bonds is 5. The molecule has 0 spiro atoms. The van der Waals surface area contributed by atoms with Gasteiger partial charge in [0.2, 0.25) is 0 Å². The van der Waals surface area contributed by atoms with Crippen molar-refractivity contribution >= 4 is 5.82 Å². The predicted molar refractivity (Wildman–Crippen MR) is 81.4 cm³/mol. The van der Waals surface area contributed by atoms with Gasteiger partial charge in [-0.15, -0.1) is 0 Å². The van der Waals surface area contributed by atoms with E-state index in [1.807, 2.05) is 6.20 Å². The van der Waals surface area contributed by atoms with Gasteiger partial charge in [-0.05, 0) is 42.9 Å². The van der Waals surface area contributed by atoms with Crippen LogP contribution in [0.1, 0.15) is 39.2 Å². The van der Waals surface area contributed by atoms with Gasteiger partial charge in [0.05, 0.1) is 0 Å². The highest BCUT2D eigenvalue weighted by Gasteiger charge is 2.22. The number of hydrogen-bond donors (Lipinski definition) is 1. The third-order valence-corrected chi connectivity index (χ3v) is 3.76. The normalized spacial score (nSPS) is 23.6. The van der Waals surface area contributed by atoms with Crippen molar-refractivity contribution in [3.63, 3.8) is 0 Å². The third kappa shape index (κ3) is 4.20. The largest absolute Gasteiger partial charge is 0.356 e. The van der Waals surface area contributed by atoms with E-state index in [0.29, 0.717) is 0 Å². The molecule has 19 heavy (non-hydrogen) atoms. The second-order valence-corrected chi connectivity index (χ2v) is 6.05. The van der Waals surface area contributed by atoms with Crippen molar-refractivity contribution in [3.05, 3.63) is 23.9 Å². The number of pyridine rings is 1. The molecule has 1 saturated heterocycles. The van der Waals surface area contributed by atoms with E-state index in [0.717, 1.165) is 43.8 Å². The lowest BCUT2D eigenvalue weighted by molar-refractivity contribution is 0.355. The van der Waals surface area contributed by atoms with Gasteiger partial charge >= 0.3 is 0 Å². The van der Waals surface area contributed by atoms with Crippen LogP contribution in [0, 0.1) is 11.8 Å². The van der Waals surface area contributed by atoms with Gasteiger partial charge in [-0.3, -0.25) is 0 Å². The van der Waals surface area contributed by atoms with Crippen molar-refractivity contribution in [1.82, 2.24) is 10.3 Å². The fourth-order valence-corrected chi connectivity index (χ4v) is 2.97. The van der Waals surface area contributed by atoms with Gasteiger partial charge < -0.3 is 10.2 Å². The maximum absolute atomic E-state index is 4.64. The van der Waals surface area contributed by atoms with Crippen molar-refractivity contribution < 1.29 is 0 Å². The molecule has 1 N–H and O–H groups in total. The first-order valence-electron chi connectivity index (χ1n) is 7.59. The maximum atomic E-state index is 4.64. The first-order chi connectivity index (χ1) is 9.19. The lowest BCUT2D eigenvalue weighted by atomic mass is 9.92. The molecule has 1 fully saturated rings. The lowest BCUT2D eigenvalue weighted by Crippen LogP contribution is -2.39. The highest BCUT2D eigenvalue weighted by Crippen LogP contribution is 2.24. The Balaban J connectivity index is 1.93. The van der Waals surface area contributed by atoms with E-state index in [1.54, 1.807) is 0 Å². The SMILES string of the molecule is CCCNCc1ccc(N2CC(C)CC(C)C2)nc1. The van der Waals surface area contributed by atoms with Crippen molar-refractivity contribution in [2.45, 2.75) is 40.2 Å². The molecule has 2 heterocycles. The highest BCUT2D eigenvalue weighted by atomic mass is 15.2. The van der Waals surface area contributed by atoms with Gasteiger partial charge in [0, 0.05) is 25.8 Å². The smallest absolute Gasteiger partial charge is 0.128 e. The second kappa shape index (κ2) is 6.90. The van der Waals surface area contributed by atoms with Crippen molar-refractivity contribution in [3.8, 4) is 0 Å². The van der Waals surface area contributed by atoms with Crippen molar-refractivity contribution in [1.29, 1.82) is 0 Å². The van der Waals surface area contributed by atoms with Gasteiger partial charge in [0.25, 0.3) is 0 Å². The van der Waals surface area contributed by atoms with Crippen LogP contribution in [-0.2, 0) is 6.54 Å². The fraction of sp³-hybridized carbons (Fsp3) is 0.688. The van der Waals surface area contributed by atoms with E-state index in [-0.39, 0.29) is 0 Å². The van der Waals surface area contributed by atoms with E-state index < -0.39 is 0 Å². The van der Waals surface area contributed by atoms with Crippen molar-refractivity contribution in [2.24, 2.45) is 11.8 Å². The second-order valence-electron chi connectivity index (χ2n) is 6.05. The molecule has 1 aromatic heterocycles. The average molecular weight is 261 g/mol. The summed E-state index contributed by atoms with van der Waals surface area (Å²) in [6.45, 7) is 11.1. The molecule has 0 bridgehead atoms. The monoisotopic (exact) mass is 261 g/mol. The molecule has 0 amide bonds. The molecule has 2 rings (SSSR count). The molecule has 1 aliphatic rings. The molecule has 1 aromatic rings. The first kappa shape index (κ1) is 14.3. The zero-order chi connectivity index (χ0) is 13.7. The number of nitrogens with one attached hydrogen (secondary N) is 1. The van der Waals surface area contributed by atoms with Crippen LogP contribution in [0.15, 0.2) is 18.3 Å². The average Bonchev–Trinajstić information content (AvgIpc) is 2.39. The zero-order valence-electron chi connectivity index (χ0n) is 12.5. The summed E-state index contributed by atoms with van der Waals surface area (Å²) in [6, 6.07) is 4.38. The summed E-state index contributed by atoms with van der Waals surface area (Å²) >= 11 is 0. The van der Waals surface area contributed by atoms with Crippen LogP contribution < -0.4 is 10.2 Å². The first-order valence-corrected chi connectivity index (χ1v) is 7.59. The van der Waals surface area contributed by atoms with E-state index in [9.17, 15) is 0 Å². The van der Waals surface area contributed by atoms with E-state index in [1.165, 1.54) is 18.4 Å². The Morgan fingerprint density at radius 2 is 2.00 bits per heavy atom. The van der Waals surface area contributed by atoms with Gasteiger partial charge in [-0.2, -0.15) is 0 Å². The molecule has 3 heteroatoms. The minimum absolute atomic E-state index is 0.774. The maximum Gasteiger partial charge on any atom is 0.128 e. The molecule has 106 valence electrons. The number of anilines is 1. The summed E-state index contributed by atoms with van der Waals surface area (Å²) < 4.78 is 0. The molecule has 1 aliphatic heterocycles. The Kier molecular flexibility index (Phi) is 5.20. The van der Waals surface area contributed by atoms with Gasteiger partial charge in [0.15, 0.2) is 0 Å². The minimum atomic E-state index is 0.774. The summed E-state index contributed by atoms with van der Waals surface area (Å²) in [4.78, 5) is 7.07. The molecule has 2 unspecified atom stereocenters.